The van der Waals surface area contributed by atoms with Gasteiger partial charge in [0, 0.05) is 9.50 Å². The van der Waals surface area contributed by atoms with E-state index in [1.165, 1.54) is 16.7 Å². The van der Waals surface area contributed by atoms with E-state index in [1.54, 1.807) is 18.2 Å². The molecule has 1 fully saturated rings. The summed E-state index contributed by atoms with van der Waals surface area (Å²) in [6.45, 7) is 0. The summed E-state index contributed by atoms with van der Waals surface area (Å²) in [6, 6.07) is 14.9. The predicted molar refractivity (Wildman–Crippen MR) is 101 cm³/mol. The molecule has 22 heavy (non-hydrogen) atoms. The molecule has 1 aliphatic heterocycles. The Hall–Kier alpha value is -1.14. The van der Waals surface area contributed by atoms with Gasteiger partial charge in [-0.25, -0.2) is 0 Å². The van der Waals surface area contributed by atoms with E-state index in [0.717, 1.165) is 10.0 Å². The number of hydrogen-bond donors (Lipinski definition) is 0. The van der Waals surface area contributed by atoms with Gasteiger partial charge in [0.2, 0.25) is 0 Å². The van der Waals surface area contributed by atoms with Crippen molar-refractivity contribution in [3.8, 4) is 0 Å². The molecule has 0 aromatic heterocycles. The standard InChI is InChI=1S/C16H9BrClNOS2/c17-11-4-1-3-10(7-11)8-14-15(20)19(16(21)22-14)13-6-2-5-12(18)9-13/h1-9H/b14-8-. The van der Waals surface area contributed by atoms with Gasteiger partial charge in [0.25, 0.3) is 5.91 Å². The minimum atomic E-state index is -0.128. The summed E-state index contributed by atoms with van der Waals surface area (Å²) >= 11 is 16.0. The van der Waals surface area contributed by atoms with Crippen LogP contribution in [-0.4, -0.2) is 10.2 Å². The molecule has 2 aromatic rings. The van der Waals surface area contributed by atoms with Crippen LogP contribution < -0.4 is 4.90 Å². The van der Waals surface area contributed by atoms with Crippen molar-refractivity contribution < 1.29 is 4.79 Å². The molecule has 110 valence electrons. The van der Waals surface area contributed by atoms with Crippen LogP contribution in [0, 0.1) is 0 Å². The topological polar surface area (TPSA) is 20.3 Å². The average molecular weight is 411 g/mol. The van der Waals surface area contributed by atoms with E-state index in [2.05, 4.69) is 15.9 Å². The van der Waals surface area contributed by atoms with E-state index in [0.29, 0.717) is 19.9 Å². The lowest BCUT2D eigenvalue weighted by molar-refractivity contribution is -0.113. The summed E-state index contributed by atoms with van der Waals surface area (Å²) in [4.78, 5) is 14.7. The maximum absolute atomic E-state index is 12.6. The summed E-state index contributed by atoms with van der Waals surface area (Å²) in [7, 11) is 0. The first kappa shape index (κ1) is 15.7. The fourth-order valence-corrected chi connectivity index (χ4v) is 3.95. The number of rotatable bonds is 2. The zero-order chi connectivity index (χ0) is 15.7. The quantitative estimate of drug-likeness (QED) is 0.481. The Morgan fingerprint density at radius 1 is 1.18 bits per heavy atom. The van der Waals surface area contributed by atoms with Crippen LogP contribution in [0.3, 0.4) is 0 Å². The Kier molecular flexibility index (Phi) is 4.68. The molecule has 2 nitrogen and oxygen atoms in total. The second-order valence-electron chi connectivity index (χ2n) is 4.55. The number of thioether (sulfide) groups is 1. The van der Waals surface area contributed by atoms with Crippen LogP contribution in [0.4, 0.5) is 5.69 Å². The van der Waals surface area contributed by atoms with Crippen molar-refractivity contribution in [3.63, 3.8) is 0 Å². The van der Waals surface area contributed by atoms with E-state index in [-0.39, 0.29) is 5.91 Å². The molecule has 1 heterocycles. The van der Waals surface area contributed by atoms with Gasteiger partial charge in [-0.1, -0.05) is 69.7 Å². The van der Waals surface area contributed by atoms with Crippen LogP contribution in [0.25, 0.3) is 6.08 Å². The van der Waals surface area contributed by atoms with Gasteiger partial charge >= 0.3 is 0 Å². The lowest BCUT2D eigenvalue weighted by Crippen LogP contribution is -2.27. The van der Waals surface area contributed by atoms with Crippen LogP contribution in [0.2, 0.25) is 5.02 Å². The third-order valence-corrected chi connectivity index (χ3v) is 5.04. The molecule has 0 atom stereocenters. The summed E-state index contributed by atoms with van der Waals surface area (Å²) in [5.74, 6) is -0.128. The summed E-state index contributed by atoms with van der Waals surface area (Å²) in [5.41, 5.74) is 1.63. The van der Waals surface area contributed by atoms with E-state index in [4.69, 9.17) is 23.8 Å². The highest BCUT2D eigenvalue weighted by Crippen LogP contribution is 2.36. The molecule has 0 bridgehead atoms. The monoisotopic (exact) mass is 409 g/mol. The van der Waals surface area contributed by atoms with Crippen LogP contribution in [0.5, 0.6) is 0 Å². The first-order chi connectivity index (χ1) is 10.5. The summed E-state index contributed by atoms with van der Waals surface area (Å²) in [5, 5.41) is 0.572. The van der Waals surface area contributed by atoms with Gasteiger partial charge in [-0.15, -0.1) is 0 Å². The second kappa shape index (κ2) is 6.54. The lowest BCUT2D eigenvalue weighted by Gasteiger charge is -2.14. The first-order valence-electron chi connectivity index (χ1n) is 6.34. The van der Waals surface area contributed by atoms with Gasteiger partial charge in [-0.3, -0.25) is 9.69 Å². The van der Waals surface area contributed by atoms with Crippen LogP contribution in [0.1, 0.15) is 5.56 Å². The van der Waals surface area contributed by atoms with E-state index in [1.807, 2.05) is 36.4 Å². The highest BCUT2D eigenvalue weighted by molar-refractivity contribution is 9.10. The maximum atomic E-state index is 12.6. The molecular weight excluding hydrogens is 402 g/mol. The van der Waals surface area contributed by atoms with Gasteiger partial charge in [0.15, 0.2) is 4.32 Å². The van der Waals surface area contributed by atoms with Gasteiger partial charge < -0.3 is 0 Å². The highest BCUT2D eigenvalue weighted by atomic mass is 79.9. The van der Waals surface area contributed by atoms with Crippen molar-refractivity contribution in [2.75, 3.05) is 4.90 Å². The molecule has 0 saturated carbocycles. The molecular formula is C16H9BrClNOS2. The molecule has 2 aromatic carbocycles. The van der Waals surface area contributed by atoms with Crippen LogP contribution in [-0.2, 0) is 4.79 Å². The van der Waals surface area contributed by atoms with Crippen molar-refractivity contribution in [1.82, 2.24) is 0 Å². The molecule has 1 amide bonds. The SMILES string of the molecule is O=C1/C(=C/c2cccc(Br)c2)SC(=S)N1c1cccc(Cl)c1. The van der Waals surface area contributed by atoms with Crippen molar-refractivity contribution in [3.05, 3.63) is 68.5 Å². The fraction of sp³-hybridized carbons (Fsp3) is 0. The van der Waals surface area contributed by atoms with Crippen molar-refractivity contribution in [2.45, 2.75) is 0 Å². The van der Waals surface area contributed by atoms with Crippen molar-refractivity contribution in [2.24, 2.45) is 0 Å². The third-order valence-electron chi connectivity index (χ3n) is 3.01. The average Bonchev–Trinajstić information content (AvgIpc) is 2.73. The minimum Gasteiger partial charge on any atom is -0.268 e. The number of carbonyl (C=O) groups excluding carboxylic acids is 1. The Balaban J connectivity index is 1.95. The van der Waals surface area contributed by atoms with E-state index in [9.17, 15) is 4.79 Å². The third kappa shape index (κ3) is 3.27. The van der Waals surface area contributed by atoms with Gasteiger partial charge in [-0.05, 0) is 42.0 Å². The predicted octanol–water partition coefficient (Wildman–Crippen LogP) is 5.51. The molecule has 0 N–H and O–H groups in total. The smallest absolute Gasteiger partial charge is 0.268 e. The zero-order valence-electron chi connectivity index (χ0n) is 11.1. The van der Waals surface area contributed by atoms with Crippen molar-refractivity contribution >= 4 is 73.5 Å². The zero-order valence-corrected chi connectivity index (χ0v) is 15.1. The number of anilines is 1. The Morgan fingerprint density at radius 3 is 2.68 bits per heavy atom. The fourth-order valence-electron chi connectivity index (χ4n) is 2.05. The Bertz CT molecular complexity index is 806. The number of hydrogen-bond acceptors (Lipinski definition) is 3. The Labute approximate surface area is 151 Å². The maximum Gasteiger partial charge on any atom is 0.270 e. The highest BCUT2D eigenvalue weighted by Gasteiger charge is 2.33. The van der Waals surface area contributed by atoms with E-state index >= 15 is 0 Å². The van der Waals surface area contributed by atoms with Gasteiger partial charge in [0.05, 0.1) is 10.6 Å². The molecule has 0 spiro atoms. The largest absolute Gasteiger partial charge is 0.270 e. The minimum absolute atomic E-state index is 0.128. The molecule has 6 heteroatoms. The molecule has 0 unspecified atom stereocenters. The normalized spacial score (nSPS) is 16.6. The number of amides is 1. The van der Waals surface area contributed by atoms with Crippen LogP contribution in [0.15, 0.2) is 57.9 Å². The van der Waals surface area contributed by atoms with Gasteiger partial charge in [-0.2, -0.15) is 0 Å². The van der Waals surface area contributed by atoms with Gasteiger partial charge in [0.1, 0.15) is 0 Å². The number of nitrogens with zero attached hydrogens (tertiary/aromatic N) is 1. The number of halogens is 2. The summed E-state index contributed by atoms with van der Waals surface area (Å²) in [6.07, 6.45) is 1.84. The number of benzene rings is 2. The first-order valence-corrected chi connectivity index (χ1v) is 8.73. The molecule has 3 rings (SSSR count). The summed E-state index contributed by atoms with van der Waals surface area (Å²) < 4.78 is 1.47. The molecule has 0 radical (unpaired) electrons. The van der Waals surface area contributed by atoms with E-state index < -0.39 is 0 Å². The molecule has 0 aliphatic carbocycles. The number of carbonyl (C=O) groups is 1. The van der Waals surface area contributed by atoms with Crippen molar-refractivity contribution in [1.29, 1.82) is 0 Å². The molecule has 1 saturated heterocycles. The molecule has 1 aliphatic rings. The Morgan fingerprint density at radius 2 is 1.95 bits per heavy atom. The lowest BCUT2D eigenvalue weighted by atomic mass is 10.2. The van der Waals surface area contributed by atoms with Crippen LogP contribution >= 0.6 is 51.5 Å². The number of thiocarbonyl (C=S) groups is 1. The second-order valence-corrected chi connectivity index (χ2v) is 7.58.